The Balaban J connectivity index is 1.21. The van der Waals surface area contributed by atoms with E-state index in [4.69, 9.17) is 23.7 Å². The van der Waals surface area contributed by atoms with E-state index in [0.29, 0.717) is 78.9 Å². The molecule has 0 bridgehead atoms. The Morgan fingerprint density at radius 3 is 2.28 bits per heavy atom. The van der Waals surface area contributed by atoms with Crippen LogP contribution in [0.25, 0.3) is 11.1 Å². The fourth-order valence-corrected chi connectivity index (χ4v) is 6.89. The van der Waals surface area contributed by atoms with Crippen molar-refractivity contribution in [3.8, 4) is 39.9 Å². The average Bonchev–Trinajstić information content (AvgIpc) is 3.37. The van der Waals surface area contributed by atoms with Crippen molar-refractivity contribution in [1.29, 1.82) is 0 Å². The summed E-state index contributed by atoms with van der Waals surface area (Å²) >= 11 is 0. The van der Waals surface area contributed by atoms with Crippen LogP contribution in [0.5, 0.6) is 28.7 Å². The molecule has 0 spiro atoms. The van der Waals surface area contributed by atoms with Crippen molar-refractivity contribution < 1.29 is 38.1 Å². The predicted octanol–water partition coefficient (Wildman–Crippen LogP) is 3.17. The molecule has 264 valence electrons. The lowest BCUT2D eigenvalue weighted by atomic mass is 9.95. The lowest BCUT2D eigenvalue weighted by Crippen LogP contribution is -2.56. The number of hydrogen-bond acceptors (Lipinski definition) is 10. The Hall–Kier alpha value is -5.46. The van der Waals surface area contributed by atoms with Crippen LogP contribution in [0, 0.1) is 0 Å². The number of aryl methyl sites for hydroxylation is 1. The van der Waals surface area contributed by atoms with Crippen molar-refractivity contribution in [2.75, 3.05) is 59.4 Å². The number of methoxy groups -OCH3 is 3. The molecule has 3 aromatic carbocycles. The zero-order chi connectivity index (χ0) is 35.5. The van der Waals surface area contributed by atoms with Gasteiger partial charge in [-0.3, -0.25) is 19.2 Å². The first-order chi connectivity index (χ1) is 24.1. The Morgan fingerprint density at radius 2 is 1.60 bits per heavy atom. The summed E-state index contributed by atoms with van der Waals surface area (Å²) in [7, 11) is 4.63. The molecule has 0 radical (unpaired) electrons. The summed E-state index contributed by atoms with van der Waals surface area (Å²) in [6.07, 6.45) is 0.354. The maximum Gasteiger partial charge on any atom is 0.267 e. The van der Waals surface area contributed by atoms with Gasteiger partial charge in [-0.15, -0.1) is 0 Å². The number of carbonyl (C=O) groups excluding carboxylic acids is 3. The number of nitrogens with zero attached hydrogens (tertiary/aromatic N) is 2. The molecule has 1 aliphatic carbocycles. The maximum absolute atomic E-state index is 13.8. The van der Waals surface area contributed by atoms with Crippen LogP contribution in [0.2, 0.25) is 0 Å². The van der Waals surface area contributed by atoms with Crippen LogP contribution in [0.3, 0.4) is 0 Å². The molecule has 3 atom stereocenters. The highest BCUT2D eigenvalue weighted by Gasteiger charge is 2.35. The zero-order valence-electron chi connectivity index (χ0n) is 28.9. The largest absolute Gasteiger partial charge is 0.493 e. The number of rotatable bonds is 8. The first kappa shape index (κ1) is 34.4. The molecule has 3 aliphatic rings. The highest BCUT2D eigenvalue weighted by Crippen LogP contribution is 2.50. The highest BCUT2D eigenvalue weighted by molar-refractivity contribution is 5.87. The molecule has 3 aromatic rings. The average molecular weight is 687 g/mol. The standard InChI is InChI=1S/C37H42N4O9/c1-21(36(44)40-14-16-41(17-15-40)37(45)32-20-49-29-8-6-7-9-30(29)50-32)38-27-13-11-24-25(19-28(27)43)26(39-22(2)42)12-10-23-18-31(46-3)34(47-4)35(48-5)33(23)24/h6-9,11,13,18-19,21,26,32H,10,12,14-17,20H2,1-5H3,(H,38,43)(H,39,42)/t21-,26+,32-/m1/s1. The molecular formula is C37H42N4O9. The Morgan fingerprint density at radius 1 is 0.900 bits per heavy atom. The van der Waals surface area contributed by atoms with Crippen molar-refractivity contribution in [1.82, 2.24) is 15.1 Å². The number of hydrogen-bond donors (Lipinski definition) is 2. The Kier molecular flexibility index (Phi) is 10.0. The number of ether oxygens (including phenoxy) is 5. The zero-order valence-corrected chi connectivity index (χ0v) is 28.9. The number of para-hydroxylation sites is 2. The molecule has 6 rings (SSSR count). The van der Waals surface area contributed by atoms with Gasteiger partial charge in [-0.25, -0.2) is 0 Å². The summed E-state index contributed by atoms with van der Waals surface area (Å²) in [6.45, 7) is 4.63. The highest BCUT2D eigenvalue weighted by atomic mass is 16.6. The molecule has 0 unspecified atom stereocenters. The second-order valence-electron chi connectivity index (χ2n) is 12.5. The van der Waals surface area contributed by atoms with Crippen LogP contribution < -0.4 is 39.7 Å². The summed E-state index contributed by atoms with van der Waals surface area (Å²) in [5.74, 6) is 1.90. The van der Waals surface area contributed by atoms with E-state index in [1.54, 1.807) is 49.1 Å². The van der Waals surface area contributed by atoms with Gasteiger partial charge in [-0.1, -0.05) is 18.2 Å². The first-order valence-corrected chi connectivity index (χ1v) is 16.6. The lowest BCUT2D eigenvalue weighted by Gasteiger charge is -2.38. The molecule has 1 fully saturated rings. The van der Waals surface area contributed by atoms with E-state index in [1.807, 2.05) is 24.3 Å². The molecule has 0 aromatic heterocycles. The second-order valence-corrected chi connectivity index (χ2v) is 12.5. The minimum absolute atomic E-state index is 0.122. The van der Waals surface area contributed by atoms with E-state index >= 15 is 0 Å². The van der Waals surface area contributed by atoms with Crippen molar-refractivity contribution in [2.24, 2.45) is 0 Å². The van der Waals surface area contributed by atoms with E-state index in [9.17, 15) is 19.2 Å². The van der Waals surface area contributed by atoms with Crippen LogP contribution in [-0.2, 0) is 20.8 Å². The summed E-state index contributed by atoms with van der Waals surface area (Å²) in [5, 5.41) is 6.13. The van der Waals surface area contributed by atoms with Gasteiger partial charge in [0.25, 0.3) is 5.91 Å². The topological polar surface area (TPSA) is 145 Å². The third-order valence-corrected chi connectivity index (χ3v) is 9.35. The smallest absolute Gasteiger partial charge is 0.267 e. The fourth-order valence-electron chi connectivity index (χ4n) is 6.89. The molecule has 50 heavy (non-hydrogen) atoms. The van der Waals surface area contributed by atoms with Crippen LogP contribution >= 0.6 is 0 Å². The minimum atomic E-state index is -0.752. The lowest BCUT2D eigenvalue weighted by molar-refractivity contribution is -0.146. The number of anilines is 1. The monoisotopic (exact) mass is 686 g/mol. The summed E-state index contributed by atoms with van der Waals surface area (Å²) in [4.78, 5) is 56.2. The molecule has 2 heterocycles. The van der Waals surface area contributed by atoms with Crippen LogP contribution in [0.15, 0.2) is 53.3 Å². The van der Waals surface area contributed by atoms with Crippen molar-refractivity contribution in [2.45, 2.75) is 44.9 Å². The number of nitrogens with one attached hydrogen (secondary N) is 2. The van der Waals surface area contributed by atoms with Gasteiger partial charge in [0.2, 0.25) is 29.1 Å². The third kappa shape index (κ3) is 6.72. The van der Waals surface area contributed by atoms with Gasteiger partial charge >= 0.3 is 0 Å². The number of piperazine rings is 1. The molecule has 1 saturated heterocycles. The normalized spacial score (nSPS) is 18.4. The van der Waals surface area contributed by atoms with E-state index in [-0.39, 0.29) is 35.4 Å². The molecule has 2 N–H and O–H groups in total. The quantitative estimate of drug-likeness (QED) is 0.363. The molecule has 2 aliphatic heterocycles. The van der Waals surface area contributed by atoms with Crippen molar-refractivity contribution in [3.05, 3.63) is 69.9 Å². The number of amides is 3. The van der Waals surface area contributed by atoms with Gasteiger partial charge < -0.3 is 44.1 Å². The van der Waals surface area contributed by atoms with Crippen LogP contribution in [-0.4, -0.2) is 93.8 Å². The van der Waals surface area contributed by atoms with E-state index < -0.39 is 18.2 Å². The van der Waals surface area contributed by atoms with Gasteiger partial charge in [0.15, 0.2) is 23.0 Å². The third-order valence-electron chi connectivity index (χ3n) is 9.35. The van der Waals surface area contributed by atoms with Crippen molar-refractivity contribution >= 4 is 23.4 Å². The van der Waals surface area contributed by atoms with Gasteiger partial charge in [0.1, 0.15) is 12.6 Å². The maximum atomic E-state index is 13.8. The molecule has 13 heteroatoms. The van der Waals surface area contributed by atoms with E-state index in [0.717, 1.165) is 11.1 Å². The molecule has 13 nitrogen and oxygen atoms in total. The SMILES string of the molecule is COc1cc2c(c(OC)c1OC)-c1ccc(N[C@H](C)C(=O)N3CCN(C(=O)[C@H]4COc5ccccc5O4)CC3)c(=O)cc1[C@@H](NC(C)=O)CC2. The minimum Gasteiger partial charge on any atom is -0.493 e. The van der Waals surface area contributed by atoms with Crippen LogP contribution in [0.4, 0.5) is 5.69 Å². The predicted molar refractivity (Wildman–Crippen MR) is 185 cm³/mol. The van der Waals surface area contributed by atoms with Crippen molar-refractivity contribution in [3.63, 3.8) is 0 Å². The summed E-state index contributed by atoms with van der Waals surface area (Å²) < 4.78 is 28.7. The van der Waals surface area contributed by atoms with Gasteiger partial charge in [0.05, 0.1) is 33.1 Å². The first-order valence-electron chi connectivity index (χ1n) is 16.6. The molecule has 0 saturated carbocycles. The summed E-state index contributed by atoms with van der Waals surface area (Å²) in [5.41, 5.74) is 2.85. The van der Waals surface area contributed by atoms with E-state index in [2.05, 4.69) is 10.6 Å². The Bertz CT molecular complexity index is 1860. The van der Waals surface area contributed by atoms with Gasteiger partial charge in [-0.05, 0) is 66.8 Å². The van der Waals surface area contributed by atoms with Gasteiger partial charge in [-0.2, -0.15) is 0 Å². The second kappa shape index (κ2) is 14.6. The van der Waals surface area contributed by atoms with Crippen LogP contribution in [0.1, 0.15) is 37.4 Å². The van der Waals surface area contributed by atoms with E-state index in [1.165, 1.54) is 20.1 Å². The molecular weight excluding hydrogens is 644 g/mol. The number of benzene rings is 2. The summed E-state index contributed by atoms with van der Waals surface area (Å²) in [6, 6.07) is 12.9. The molecule has 3 amide bonds. The number of carbonyl (C=O) groups is 3. The Labute approximate surface area is 290 Å². The number of fused-ring (bicyclic) bond motifs is 4. The van der Waals surface area contributed by atoms with Gasteiger partial charge in [0, 0.05) is 38.7 Å². The fraction of sp³-hybridized carbons (Fsp3) is 0.405.